The molecule has 0 spiro atoms. The summed E-state index contributed by atoms with van der Waals surface area (Å²) >= 11 is 0. The molecule has 20 heavy (non-hydrogen) atoms. The van der Waals surface area contributed by atoms with E-state index in [9.17, 15) is 4.79 Å². The van der Waals surface area contributed by atoms with Gasteiger partial charge in [0.05, 0.1) is 5.56 Å². The summed E-state index contributed by atoms with van der Waals surface area (Å²) in [7, 11) is 0. The average Bonchev–Trinajstić information content (AvgIpc) is 2.49. The molecular weight excluding hydrogens is 254 g/mol. The van der Waals surface area contributed by atoms with Crippen LogP contribution in [-0.2, 0) is 0 Å². The number of rotatable bonds is 5. The number of nitrogens with one attached hydrogen (secondary N) is 1. The maximum absolute atomic E-state index is 11.6. The van der Waals surface area contributed by atoms with Crippen LogP contribution in [0.5, 0.6) is 5.75 Å². The van der Waals surface area contributed by atoms with Gasteiger partial charge in [-0.3, -0.25) is 15.1 Å². The zero-order chi connectivity index (χ0) is 14.4. The van der Waals surface area contributed by atoms with Gasteiger partial charge in [0.15, 0.2) is 0 Å². The van der Waals surface area contributed by atoms with Crippen LogP contribution < -0.4 is 16.0 Å². The van der Waals surface area contributed by atoms with E-state index in [0.29, 0.717) is 24.0 Å². The van der Waals surface area contributed by atoms with Gasteiger partial charge >= 0.3 is 0 Å². The molecule has 110 valence electrons. The van der Waals surface area contributed by atoms with E-state index in [1.54, 1.807) is 18.2 Å². The SMILES string of the molecule is CC1CCCCN1CCOc1ccccc1C(=O)NN. The third-order valence-corrected chi connectivity index (χ3v) is 3.84. The normalized spacial score (nSPS) is 19.6. The van der Waals surface area contributed by atoms with Crippen molar-refractivity contribution in [3.05, 3.63) is 29.8 Å². The maximum atomic E-state index is 11.6. The number of nitrogen functional groups attached to an aromatic ring is 1. The van der Waals surface area contributed by atoms with E-state index in [-0.39, 0.29) is 5.91 Å². The molecule has 0 radical (unpaired) electrons. The Bertz CT molecular complexity index is 450. The number of carbonyl (C=O) groups excluding carboxylic acids is 1. The van der Waals surface area contributed by atoms with Gasteiger partial charge in [-0.1, -0.05) is 18.6 Å². The molecule has 0 saturated carbocycles. The first-order valence-electron chi connectivity index (χ1n) is 7.19. The minimum Gasteiger partial charge on any atom is -0.491 e. The van der Waals surface area contributed by atoms with Crippen molar-refractivity contribution in [2.75, 3.05) is 19.7 Å². The van der Waals surface area contributed by atoms with E-state index in [1.165, 1.54) is 19.3 Å². The minimum absolute atomic E-state index is 0.327. The van der Waals surface area contributed by atoms with E-state index in [0.717, 1.165) is 13.1 Å². The van der Waals surface area contributed by atoms with Crippen LogP contribution in [0.1, 0.15) is 36.5 Å². The molecule has 3 N–H and O–H groups in total. The first kappa shape index (κ1) is 14.8. The first-order chi connectivity index (χ1) is 9.72. The largest absolute Gasteiger partial charge is 0.491 e. The summed E-state index contributed by atoms with van der Waals surface area (Å²) in [6.07, 6.45) is 3.83. The molecule has 1 aromatic rings. The van der Waals surface area contributed by atoms with E-state index in [4.69, 9.17) is 10.6 Å². The van der Waals surface area contributed by atoms with E-state index < -0.39 is 0 Å². The Morgan fingerprint density at radius 1 is 1.45 bits per heavy atom. The number of piperidine rings is 1. The van der Waals surface area contributed by atoms with Crippen LogP contribution in [0.3, 0.4) is 0 Å². The second-order valence-electron chi connectivity index (χ2n) is 5.20. The maximum Gasteiger partial charge on any atom is 0.268 e. The fourth-order valence-corrected chi connectivity index (χ4v) is 2.62. The van der Waals surface area contributed by atoms with Crippen LogP contribution in [0, 0.1) is 0 Å². The molecule has 0 bridgehead atoms. The Balaban J connectivity index is 1.89. The van der Waals surface area contributed by atoms with E-state index in [2.05, 4.69) is 17.2 Å². The molecule has 1 saturated heterocycles. The third kappa shape index (κ3) is 3.71. The molecule has 1 aliphatic heterocycles. The number of hydrazine groups is 1. The second-order valence-corrected chi connectivity index (χ2v) is 5.20. The lowest BCUT2D eigenvalue weighted by molar-refractivity contribution is 0.0946. The molecule has 1 aromatic carbocycles. The van der Waals surface area contributed by atoms with Crippen molar-refractivity contribution >= 4 is 5.91 Å². The van der Waals surface area contributed by atoms with E-state index in [1.807, 2.05) is 6.07 Å². The van der Waals surface area contributed by atoms with Gasteiger partial charge in [-0.15, -0.1) is 0 Å². The van der Waals surface area contributed by atoms with Crippen LogP contribution in [-0.4, -0.2) is 36.5 Å². The molecule has 0 aromatic heterocycles. The molecule has 5 heteroatoms. The monoisotopic (exact) mass is 277 g/mol. The Kier molecular flexibility index (Phi) is 5.38. The number of amides is 1. The number of likely N-dealkylation sites (tertiary alicyclic amines) is 1. The molecule has 2 rings (SSSR count). The number of hydrogen-bond donors (Lipinski definition) is 2. The lowest BCUT2D eigenvalue weighted by Crippen LogP contribution is -2.40. The standard InChI is InChI=1S/C15H23N3O2/c1-12-6-4-5-9-18(12)10-11-20-14-8-3-2-7-13(14)15(19)17-16/h2-3,7-8,12H,4-6,9-11,16H2,1H3,(H,17,19). The highest BCUT2D eigenvalue weighted by Crippen LogP contribution is 2.19. The topological polar surface area (TPSA) is 67.6 Å². The number of hydrogen-bond acceptors (Lipinski definition) is 4. The molecule has 1 unspecified atom stereocenters. The van der Waals surface area contributed by atoms with Crippen LogP contribution in [0.25, 0.3) is 0 Å². The van der Waals surface area contributed by atoms with Crippen LogP contribution in [0.4, 0.5) is 0 Å². The molecular formula is C15H23N3O2. The zero-order valence-electron chi connectivity index (χ0n) is 12.0. The van der Waals surface area contributed by atoms with Gasteiger partial charge in [-0.2, -0.15) is 0 Å². The van der Waals surface area contributed by atoms with Gasteiger partial charge in [0.2, 0.25) is 0 Å². The fourth-order valence-electron chi connectivity index (χ4n) is 2.62. The highest BCUT2D eigenvalue weighted by Gasteiger charge is 2.18. The average molecular weight is 277 g/mol. The van der Waals surface area contributed by atoms with Crippen molar-refractivity contribution in [1.82, 2.24) is 10.3 Å². The Morgan fingerprint density at radius 3 is 3.00 bits per heavy atom. The van der Waals surface area contributed by atoms with Gasteiger partial charge in [0, 0.05) is 12.6 Å². The van der Waals surface area contributed by atoms with Crippen molar-refractivity contribution < 1.29 is 9.53 Å². The van der Waals surface area contributed by atoms with Crippen LogP contribution in [0.2, 0.25) is 0 Å². The summed E-state index contributed by atoms with van der Waals surface area (Å²) in [4.78, 5) is 14.1. The summed E-state index contributed by atoms with van der Waals surface area (Å²) in [5.41, 5.74) is 2.61. The number of nitrogens with zero attached hydrogens (tertiary/aromatic N) is 1. The predicted molar refractivity (Wildman–Crippen MR) is 78.5 cm³/mol. The van der Waals surface area contributed by atoms with Crippen LogP contribution >= 0.6 is 0 Å². The second kappa shape index (κ2) is 7.26. The molecule has 5 nitrogen and oxygen atoms in total. The Hall–Kier alpha value is -1.59. The van der Waals surface area contributed by atoms with Crippen molar-refractivity contribution in [2.45, 2.75) is 32.2 Å². The van der Waals surface area contributed by atoms with Crippen molar-refractivity contribution in [1.29, 1.82) is 0 Å². The highest BCUT2D eigenvalue weighted by atomic mass is 16.5. The Morgan fingerprint density at radius 2 is 2.25 bits per heavy atom. The molecule has 1 aliphatic rings. The van der Waals surface area contributed by atoms with Gasteiger partial charge in [-0.25, -0.2) is 5.84 Å². The van der Waals surface area contributed by atoms with Crippen LogP contribution in [0.15, 0.2) is 24.3 Å². The number of carbonyl (C=O) groups is 1. The Labute approximate surface area is 120 Å². The molecule has 1 atom stereocenters. The summed E-state index contributed by atoms with van der Waals surface area (Å²) < 4.78 is 5.75. The summed E-state index contributed by atoms with van der Waals surface area (Å²) in [6.45, 7) is 4.86. The number of para-hydroxylation sites is 1. The molecule has 1 amide bonds. The lowest BCUT2D eigenvalue weighted by atomic mass is 10.0. The molecule has 1 heterocycles. The van der Waals surface area contributed by atoms with Gasteiger partial charge in [0.25, 0.3) is 5.91 Å². The smallest absolute Gasteiger partial charge is 0.268 e. The summed E-state index contributed by atoms with van der Waals surface area (Å²) in [5, 5.41) is 0. The van der Waals surface area contributed by atoms with Gasteiger partial charge in [-0.05, 0) is 38.4 Å². The lowest BCUT2D eigenvalue weighted by Gasteiger charge is -2.33. The molecule has 1 fully saturated rings. The summed E-state index contributed by atoms with van der Waals surface area (Å²) in [6, 6.07) is 7.77. The minimum atomic E-state index is -0.327. The zero-order valence-corrected chi connectivity index (χ0v) is 12.0. The van der Waals surface area contributed by atoms with E-state index >= 15 is 0 Å². The van der Waals surface area contributed by atoms with Crippen molar-refractivity contribution in [2.24, 2.45) is 5.84 Å². The van der Waals surface area contributed by atoms with Crippen molar-refractivity contribution in [3.63, 3.8) is 0 Å². The van der Waals surface area contributed by atoms with Crippen molar-refractivity contribution in [3.8, 4) is 5.75 Å². The predicted octanol–water partition coefficient (Wildman–Crippen LogP) is 1.54. The third-order valence-electron chi connectivity index (χ3n) is 3.84. The highest BCUT2D eigenvalue weighted by molar-refractivity contribution is 5.96. The first-order valence-corrected chi connectivity index (χ1v) is 7.19. The van der Waals surface area contributed by atoms with Gasteiger partial charge in [0.1, 0.15) is 12.4 Å². The van der Waals surface area contributed by atoms with Gasteiger partial charge < -0.3 is 4.74 Å². The number of nitrogens with two attached hydrogens (primary N) is 1. The molecule has 0 aliphatic carbocycles. The number of benzene rings is 1. The summed E-state index contributed by atoms with van der Waals surface area (Å²) in [5.74, 6) is 5.43. The number of ether oxygens (including phenoxy) is 1. The fraction of sp³-hybridized carbons (Fsp3) is 0.533. The quantitative estimate of drug-likeness (QED) is 0.487.